The average molecular weight is 617 g/mol. The van der Waals surface area contributed by atoms with Crippen molar-refractivity contribution in [1.29, 1.82) is 0 Å². The van der Waals surface area contributed by atoms with Crippen molar-refractivity contribution in [1.82, 2.24) is 9.80 Å². The molecule has 0 spiro atoms. The number of benzene rings is 3. The van der Waals surface area contributed by atoms with E-state index in [-0.39, 0.29) is 11.6 Å². The molecule has 1 amide bonds. The van der Waals surface area contributed by atoms with Crippen molar-refractivity contribution < 1.29 is 31.1 Å². The summed E-state index contributed by atoms with van der Waals surface area (Å²) in [5.41, 5.74) is -1.56. The molecule has 1 saturated carbocycles. The molecule has 3 aromatic rings. The molecule has 1 saturated heterocycles. The smallest absolute Gasteiger partial charge is 0.336 e. The molecule has 1 aliphatic carbocycles. The van der Waals surface area contributed by atoms with Gasteiger partial charge in [-0.05, 0) is 98.3 Å². The standard InChI is InChI=1S/C35H38F6N2O/c1-42(32(44)22-26-20-30(34(36,37)38)23-31(21-26)35(39,40)41)33(29-10-6-3-7-11-29)16-12-27(13-17-33)28-14-18-43(19-15-28)24-25-8-4-2-5-9-25/h2-11,20-21,23,27-28H,12-19,22,24H2,1H3. The number of carbonyl (C=O) groups excluding carboxylic acids is 1. The van der Waals surface area contributed by atoms with Crippen molar-refractivity contribution in [2.75, 3.05) is 20.1 Å². The number of halogens is 6. The Morgan fingerprint density at radius 3 is 1.77 bits per heavy atom. The molecule has 0 aromatic heterocycles. The normalized spacial score (nSPS) is 22.1. The highest BCUT2D eigenvalue weighted by molar-refractivity contribution is 5.79. The summed E-state index contributed by atoms with van der Waals surface area (Å²) < 4.78 is 80.7. The van der Waals surface area contributed by atoms with Gasteiger partial charge in [-0.15, -0.1) is 0 Å². The molecular formula is C35H38F6N2O. The largest absolute Gasteiger partial charge is 0.416 e. The lowest BCUT2D eigenvalue weighted by Gasteiger charge is -2.49. The van der Waals surface area contributed by atoms with Gasteiger partial charge in [-0.1, -0.05) is 60.7 Å². The van der Waals surface area contributed by atoms with Crippen LogP contribution in [-0.4, -0.2) is 35.8 Å². The van der Waals surface area contributed by atoms with E-state index in [1.165, 1.54) is 5.56 Å². The first-order valence-electron chi connectivity index (χ1n) is 15.2. The predicted molar refractivity (Wildman–Crippen MR) is 157 cm³/mol. The molecule has 0 radical (unpaired) electrons. The SMILES string of the molecule is CN(C(=O)Cc1cc(C(F)(F)F)cc(C(F)(F)F)c1)C1(c2ccccc2)CCC(C2CCN(Cc3ccccc3)CC2)CC1. The van der Waals surface area contributed by atoms with Crippen LogP contribution in [0.25, 0.3) is 0 Å². The molecule has 0 atom stereocenters. The van der Waals surface area contributed by atoms with Crippen LogP contribution in [0.3, 0.4) is 0 Å². The first kappa shape index (κ1) is 32.1. The van der Waals surface area contributed by atoms with Gasteiger partial charge in [0.25, 0.3) is 0 Å². The van der Waals surface area contributed by atoms with Crippen LogP contribution in [0.2, 0.25) is 0 Å². The van der Waals surface area contributed by atoms with Crippen molar-refractivity contribution in [2.45, 2.75) is 69.4 Å². The van der Waals surface area contributed by atoms with Gasteiger partial charge in [0.1, 0.15) is 0 Å². The van der Waals surface area contributed by atoms with Crippen LogP contribution in [0.5, 0.6) is 0 Å². The Balaban J connectivity index is 1.29. The van der Waals surface area contributed by atoms with E-state index in [2.05, 4.69) is 29.2 Å². The van der Waals surface area contributed by atoms with Gasteiger partial charge in [-0.3, -0.25) is 9.69 Å². The van der Waals surface area contributed by atoms with Crippen LogP contribution < -0.4 is 0 Å². The Bertz CT molecular complexity index is 1360. The van der Waals surface area contributed by atoms with E-state index in [0.29, 0.717) is 36.8 Å². The van der Waals surface area contributed by atoms with E-state index in [1.807, 2.05) is 36.4 Å². The van der Waals surface area contributed by atoms with Crippen molar-refractivity contribution in [3.8, 4) is 0 Å². The first-order valence-corrected chi connectivity index (χ1v) is 15.2. The highest BCUT2D eigenvalue weighted by Gasteiger charge is 2.44. The Labute approximate surface area is 254 Å². The van der Waals surface area contributed by atoms with Gasteiger partial charge in [0.2, 0.25) is 5.91 Å². The van der Waals surface area contributed by atoms with E-state index in [1.54, 1.807) is 11.9 Å². The average Bonchev–Trinajstić information content (AvgIpc) is 3.01. The van der Waals surface area contributed by atoms with E-state index in [0.717, 1.165) is 50.9 Å². The number of likely N-dealkylation sites (tertiary alicyclic amines) is 1. The van der Waals surface area contributed by atoms with E-state index in [4.69, 9.17) is 0 Å². The summed E-state index contributed by atoms with van der Waals surface area (Å²) in [4.78, 5) is 17.7. The Hall–Kier alpha value is -3.33. The fourth-order valence-electron chi connectivity index (χ4n) is 7.23. The lowest BCUT2D eigenvalue weighted by Crippen LogP contribution is -2.50. The van der Waals surface area contributed by atoms with Crippen molar-refractivity contribution in [3.05, 3.63) is 107 Å². The molecule has 1 heterocycles. The Morgan fingerprint density at radius 2 is 1.25 bits per heavy atom. The third-order valence-electron chi connectivity index (χ3n) is 9.74. The molecule has 0 bridgehead atoms. The van der Waals surface area contributed by atoms with Crippen LogP contribution >= 0.6 is 0 Å². The summed E-state index contributed by atoms with van der Waals surface area (Å²) >= 11 is 0. The number of rotatable bonds is 7. The molecule has 3 aromatic carbocycles. The number of carbonyl (C=O) groups is 1. The van der Waals surface area contributed by atoms with Crippen LogP contribution in [-0.2, 0) is 35.7 Å². The third kappa shape index (κ3) is 7.31. The first-order chi connectivity index (χ1) is 20.8. The number of amides is 1. The summed E-state index contributed by atoms with van der Waals surface area (Å²) in [5.74, 6) is 0.587. The summed E-state index contributed by atoms with van der Waals surface area (Å²) in [5, 5.41) is 0. The fourth-order valence-corrected chi connectivity index (χ4v) is 7.23. The Kier molecular flexibility index (Phi) is 9.44. The van der Waals surface area contributed by atoms with E-state index >= 15 is 0 Å². The predicted octanol–water partition coefficient (Wildman–Crippen LogP) is 8.72. The highest BCUT2D eigenvalue weighted by Crippen LogP contribution is 2.47. The van der Waals surface area contributed by atoms with Crippen molar-refractivity contribution >= 4 is 5.91 Å². The maximum absolute atomic E-state index is 13.6. The summed E-state index contributed by atoms with van der Waals surface area (Å²) in [7, 11) is 1.63. The van der Waals surface area contributed by atoms with Crippen molar-refractivity contribution in [2.24, 2.45) is 11.8 Å². The maximum Gasteiger partial charge on any atom is 0.416 e. The summed E-state index contributed by atoms with van der Waals surface area (Å²) in [6.45, 7) is 3.02. The minimum Gasteiger partial charge on any atom is -0.336 e. The number of nitrogens with zero attached hydrogens (tertiary/aromatic N) is 2. The number of alkyl halides is 6. The van der Waals surface area contributed by atoms with Gasteiger partial charge in [-0.25, -0.2) is 0 Å². The lowest BCUT2D eigenvalue weighted by molar-refractivity contribution is -0.144. The second-order valence-electron chi connectivity index (χ2n) is 12.4. The molecule has 236 valence electrons. The zero-order valence-corrected chi connectivity index (χ0v) is 24.8. The molecule has 44 heavy (non-hydrogen) atoms. The van der Waals surface area contributed by atoms with E-state index < -0.39 is 41.3 Å². The van der Waals surface area contributed by atoms with Gasteiger partial charge in [0.15, 0.2) is 0 Å². The quantitative estimate of drug-likeness (QED) is 0.248. The molecular weight excluding hydrogens is 578 g/mol. The van der Waals surface area contributed by atoms with Crippen LogP contribution in [0.4, 0.5) is 26.3 Å². The van der Waals surface area contributed by atoms with Crippen LogP contribution in [0, 0.1) is 11.8 Å². The molecule has 5 rings (SSSR count). The zero-order chi connectivity index (χ0) is 31.5. The highest BCUT2D eigenvalue weighted by atomic mass is 19.4. The van der Waals surface area contributed by atoms with Gasteiger partial charge in [0, 0.05) is 13.6 Å². The lowest BCUT2D eigenvalue weighted by atomic mass is 9.67. The number of hydrogen-bond donors (Lipinski definition) is 0. The number of piperidine rings is 1. The van der Waals surface area contributed by atoms with E-state index in [9.17, 15) is 31.1 Å². The monoisotopic (exact) mass is 616 g/mol. The zero-order valence-electron chi connectivity index (χ0n) is 24.8. The molecule has 0 unspecified atom stereocenters. The second kappa shape index (κ2) is 13.0. The minimum absolute atomic E-state index is 0.0938. The minimum atomic E-state index is -4.97. The molecule has 3 nitrogen and oxygen atoms in total. The Morgan fingerprint density at radius 1 is 0.750 bits per heavy atom. The van der Waals surface area contributed by atoms with Gasteiger partial charge >= 0.3 is 12.4 Å². The summed E-state index contributed by atoms with van der Waals surface area (Å²) in [6, 6.07) is 21.4. The van der Waals surface area contributed by atoms with Crippen LogP contribution in [0.1, 0.15) is 66.3 Å². The maximum atomic E-state index is 13.6. The molecule has 0 N–H and O–H groups in total. The van der Waals surface area contributed by atoms with Gasteiger partial charge in [0.05, 0.1) is 23.1 Å². The second-order valence-corrected chi connectivity index (χ2v) is 12.4. The third-order valence-corrected chi connectivity index (χ3v) is 9.74. The molecule has 2 fully saturated rings. The molecule has 1 aliphatic heterocycles. The summed E-state index contributed by atoms with van der Waals surface area (Å²) in [6.07, 6.45) is -5.09. The van der Waals surface area contributed by atoms with Crippen LogP contribution in [0.15, 0.2) is 78.9 Å². The number of hydrogen-bond acceptors (Lipinski definition) is 2. The van der Waals surface area contributed by atoms with Gasteiger partial charge < -0.3 is 4.90 Å². The topological polar surface area (TPSA) is 23.6 Å². The van der Waals surface area contributed by atoms with Crippen molar-refractivity contribution in [3.63, 3.8) is 0 Å². The number of likely N-dealkylation sites (N-methyl/N-ethyl adjacent to an activating group) is 1. The molecule has 2 aliphatic rings. The van der Waals surface area contributed by atoms with Gasteiger partial charge in [-0.2, -0.15) is 26.3 Å². The fraction of sp³-hybridized carbons (Fsp3) is 0.457. The molecule has 9 heteroatoms.